The molecule has 0 bridgehead atoms. The number of phenolic OH excluding ortho intramolecular Hbond substituents is 1. The minimum absolute atomic E-state index is 0.0133. The van der Waals surface area contributed by atoms with E-state index in [2.05, 4.69) is 0 Å². The van der Waals surface area contributed by atoms with Crippen molar-refractivity contribution in [3.05, 3.63) is 43.6 Å². The first kappa shape index (κ1) is 14.6. The van der Waals surface area contributed by atoms with Crippen LogP contribution >= 0.6 is 0 Å². The summed E-state index contributed by atoms with van der Waals surface area (Å²) in [6, 6.07) is 0. The highest BCUT2D eigenvalue weighted by Crippen LogP contribution is 2.37. The lowest BCUT2D eigenvalue weighted by molar-refractivity contribution is 0.464. The van der Waals surface area contributed by atoms with Crippen molar-refractivity contribution in [1.82, 2.24) is 4.98 Å². The second-order valence-corrected chi connectivity index (χ2v) is 6.00. The van der Waals surface area contributed by atoms with Crippen LogP contribution in [0.3, 0.4) is 0 Å². The summed E-state index contributed by atoms with van der Waals surface area (Å²) >= 11 is 0. The summed E-state index contributed by atoms with van der Waals surface area (Å²) in [6.07, 6.45) is 0. The number of hydrogen-bond donors (Lipinski definition) is 1. The van der Waals surface area contributed by atoms with Crippen LogP contribution in [0.5, 0.6) is 5.75 Å². The lowest BCUT2D eigenvalue weighted by Crippen LogP contribution is -2.14. The summed E-state index contributed by atoms with van der Waals surface area (Å²) < 4.78 is 6.02. The average Bonchev–Trinajstić information content (AvgIpc) is 2.52. The number of hydrogen-bond acceptors (Lipinski definition) is 4. The fraction of sp³-hybridized carbons (Fsp3) is 0.333. The number of fused-ring (bicyclic) bond motifs is 2. The molecular formula is C18H19NO3. The molecule has 1 aliphatic heterocycles. The molecule has 114 valence electrons. The Morgan fingerprint density at radius 1 is 0.818 bits per heavy atom. The van der Waals surface area contributed by atoms with E-state index in [0.717, 1.165) is 27.9 Å². The Bertz CT molecular complexity index is 967. The Morgan fingerprint density at radius 3 is 2.09 bits per heavy atom. The van der Waals surface area contributed by atoms with Gasteiger partial charge in [-0.25, -0.2) is 4.98 Å². The molecule has 2 aliphatic rings. The van der Waals surface area contributed by atoms with Gasteiger partial charge in [-0.1, -0.05) is 0 Å². The number of aryl methyl sites for hydroxylation is 2. The van der Waals surface area contributed by atoms with Gasteiger partial charge in [0.15, 0.2) is 16.8 Å². The highest BCUT2D eigenvalue weighted by molar-refractivity contribution is 5.86. The number of benzene rings is 2. The number of aromatic hydroxyl groups is 1. The molecule has 1 aromatic carbocycles. The van der Waals surface area contributed by atoms with E-state index >= 15 is 0 Å². The van der Waals surface area contributed by atoms with E-state index in [4.69, 9.17) is 9.40 Å². The maximum absolute atomic E-state index is 12.3. The lowest BCUT2D eigenvalue weighted by Gasteiger charge is -2.17. The number of aromatic nitrogens is 1. The third-order valence-electron chi connectivity index (χ3n) is 4.77. The van der Waals surface area contributed by atoms with Crippen molar-refractivity contribution in [2.45, 2.75) is 41.5 Å². The van der Waals surface area contributed by atoms with Crippen LogP contribution in [-0.4, -0.2) is 10.1 Å². The summed E-state index contributed by atoms with van der Waals surface area (Å²) in [7, 11) is 0. The Kier molecular flexibility index (Phi) is 3.02. The maximum Gasteiger partial charge on any atom is 0.188 e. The standard InChI is InChI=1S/C18H19NO3/c1-7-9(3)15(20)11(5)17-13(7)19-14-8(2)10(4)16(21)12(6)18(14)22-17/h20H,1-6H3. The summed E-state index contributed by atoms with van der Waals surface area (Å²) in [5.74, 6) is 0.727. The predicted molar refractivity (Wildman–Crippen MR) is 87.0 cm³/mol. The van der Waals surface area contributed by atoms with Crippen molar-refractivity contribution >= 4 is 11.1 Å². The van der Waals surface area contributed by atoms with Crippen LogP contribution in [0.15, 0.2) is 9.21 Å². The quantitative estimate of drug-likeness (QED) is 0.640. The minimum atomic E-state index is -0.0133. The molecule has 1 N–H and O–H groups in total. The summed E-state index contributed by atoms with van der Waals surface area (Å²) in [5, 5.41) is 10.2. The predicted octanol–water partition coefficient (Wildman–Crippen LogP) is 3.85. The van der Waals surface area contributed by atoms with E-state index in [1.807, 2.05) is 27.7 Å². The van der Waals surface area contributed by atoms with Gasteiger partial charge in [0.25, 0.3) is 0 Å². The van der Waals surface area contributed by atoms with E-state index in [9.17, 15) is 9.90 Å². The van der Waals surface area contributed by atoms with Gasteiger partial charge in [-0.15, -0.1) is 0 Å². The third-order valence-corrected chi connectivity index (χ3v) is 4.77. The lowest BCUT2D eigenvalue weighted by atomic mass is 9.97. The van der Waals surface area contributed by atoms with Crippen LogP contribution in [0, 0.1) is 41.5 Å². The van der Waals surface area contributed by atoms with Gasteiger partial charge in [-0.05, 0) is 58.2 Å². The van der Waals surface area contributed by atoms with Gasteiger partial charge in [0, 0.05) is 16.7 Å². The summed E-state index contributed by atoms with van der Waals surface area (Å²) in [6.45, 7) is 11.0. The van der Waals surface area contributed by atoms with E-state index in [0.29, 0.717) is 28.0 Å². The molecule has 0 aromatic heterocycles. The molecule has 22 heavy (non-hydrogen) atoms. The molecule has 0 saturated carbocycles. The van der Waals surface area contributed by atoms with Crippen molar-refractivity contribution in [2.24, 2.45) is 0 Å². The average molecular weight is 297 g/mol. The molecule has 4 heteroatoms. The Morgan fingerprint density at radius 2 is 1.45 bits per heavy atom. The Labute approximate surface area is 128 Å². The van der Waals surface area contributed by atoms with Crippen LogP contribution in [-0.2, 0) is 0 Å². The van der Waals surface area contributed by atoms with Crippen LogP contribution in [0.2, 0.25) is 0 Å². The van der Waals surface area contributed by atoms with Crippen LogP contribution in [0.25, 0.3) is 22.6 Å². The molecule has 0 amide bonds. The van der Waals surface area contributed by atoms with Crippen molar-refractivity contribution in [3.8, 4) is 17.2 Å². The fourth-order valence-electron chi connectivity index (χ4n) is 2.90. The SMILES string of the molecule is Cc1c2nc3c(C)c(C)c(O)c(C)c3oc-2c(C)c(=O)c1C. The molecule has 4 nitrogen and oxygen atoms in total. The molecule has 1 aromatic rings. The van der Waals surface area contributed by atoms with Gasteiger partial charge in [-0.2, -0.15) is 0 Å². The Balaban J connectivity index is 2.65. The molecule has 0 fully saturated rings. The summed E-state index contributed by atoms with van der Waals surface area (Å²) in [4.78, 5) is 17.0. The fourth-order valence-corrected chi connectivity index (χ4v) is 2.90. The highest BCUT2D eigenvalue weighted by atomic mass is 16.3. The second-order valence-electron chi connectivity index (χ2n) is 6.00. The zero-order valence-corrected chi connectivity index (χ0v) is 13.7. The molecule has 1 heterocycles. The normalized spacial score (nSPS) is 11.5. The van der Waals surface area contributed by atoms with Crippen molar-refractivity contribution < 1.29 is 9.52 Å². The molecule has 0 radical (unpaired) electrons. The van der Waals surface area contributed by atoms with E-state index in [-0.39, 0.29) is 11.2 Å². The molecular weight excluding hydrogens is 278 g/mol. The third kappa shape index (κ3) is 1.70. The number of nitrogens with zero attached hydrogens (tertiary/aromatic N) is 1. The zero-order valence-electron chi connectivity index (χ0n) is 13.7. The first-order valence-corrected chi connectivity index (χ1v) is 7.28. The maximum atomic E-state index is 12.3. The number of phenols is 1. The molecule has 0 atom stereocenters. The second kappa shape index (κ2) is 4.57. The van der Waals surface area contributed by atoms with E-state index in [1.54, 1.807) is 13.8 Å². The summed E-state index contributed by atoms with van der Waals surface area (Å²) in [5.41, 5.74) is 6.44. The van der Waals surface area contributed by atoms with Crippen LogP contribution < -0.4 is 5.43 Å². The largest absolute Gasteiger partial charge is 0.507 e. The van der Waals surface area contributed by atoms with Gasteiger partial charge < -0.3 is 9.52 Å². The topological polar surface area (TPSA) is 63.3 Å². The first-order valence-electron chi connectivity index (χ1n) is 7.28. The van der Waals surface area contributed by atoms with Gasteiger partial charge in [-0.3, -0.25) is 4.79 Å². The van der Waals surface area contributed by atoms with Gasteiger partial charge >= 0.3 is 0 Å². The first-order chi connectivity index (χ1) is 10.3. The Hall–Kier alpha value is -2.36. The smallest absolute Gasteiger partial charge is 0.188 e. The van der Waals surface area contributed by atoms with Gasteiger partial charge in [0.2, 0.25) is 0 Å². The molecule has 0 spiro atoms. The zero-order chi connectivity index (χ0) is 16.3. The van der Waals surface area contributed by atoms with E-state index in [1.165, 1.54) is 0 Å². The highest BCUT2D eigenvalue weighted by Gasteiger charge is 2.23. The van der Waals surface area contributed by atoms with E-state index < -0.39 is 0 Å². The van der Waals surface area contributed by atoms with Gasteiger partial charge in [0.05, 0.1) is 0 Å². The monoisotopic (exact) mass is 297 g/mol. The molecule has 0 saturated heterocycles. The van der Waals surface area contributed by atoms with Crippen LogP contribution in [0.4, 0.5) is 0 Å². The van der Waals surface area contributed by atoms with Crippen molar-refractivity contribution in [2.75, 3.05) is 0 Å². The number of rotatable bonds is 0. The van der Waals surface area contributed by atoms with Crippen molar-refractivity contribution in [1.29, 1.82) is 0 Å². The van der Waals surface area contributed by atoms with Crippen LogP contribution in [0.1, 0.15) is 33.4 Å². The van der Waals surface area contributed by atoms with Gasteiger partial charge in [0.1, 0.15) is 17.0 Å². The molecule has 3 rings (SSSR count). The minimum Gasteiger partial charge on any atom is -0.507 e. The van der Waals surface area contributed by atoms with Crippen molar-refractivity contribution in [3.63, 3.8) is 0 Å². The molecule has 0 unspecified atom stereocenters. The molecule has 1 aliphatic carbocycles.